The molecule has 1 fully saturated rings. The van der Waals surface area contributed by atoms with E-state index in [0.717, 1.165) is 6.07 Å². The third-order valence-electron chi connectivity index (χ3n) is 4.15. The lowest BCUT2D eigenvalue weighted by Crippen LogP contribution is -2.52. The lowest BCUT2D eigenvalue weighted by molar-refractivity contribution is -0.122. The Hall–Kier alpha value is -2.04. The zero-order chi connectivity index (χ0) is 19.8. The first-order valence-corrected chi connectivity index (χ1v) is 10.1. The van der Waals surface area contributed by atoms with Crippen LogP contribution in [0.2, 0.25) is 0 Å². The normalized spacial score (nSPS) is 16.0. The lowest BCUT2D eigenvalue weighted by atomic mass is 10.3. The van der Waals surface area contributed by atoms with Crippen LogP contribution in [-0.2, 0) is 20.3 Å². The van der Waals surface area contributed by atoms with E-state index >= 15 is 0 Å². The average Bonchev–Trinajstić information content (AvgIpc) is 2.62. The number of piperazine rings is 1. The van der Waals surface area contributed by atoms with E-state index < -0.39 is 16.6 Å². The first kappa shape index (κ1) is 21.3. The second-order valence-electron chi connectivity index (χ2n) is 6.14. The number of carbonyl (C=O) groups is 2. The molecule has 0 unspecified atom stereocenters. The van der Waals surface area contributed by atoms with Gasteiger partial charge in [-0.25, -0.2) is 9.18 Å². The van der Waals surface area contributed by atoms with Crippen LogP contribution in [0.15, 0.2) is 23.1 Å². The molecular weight excluding hydrogens is 375 g/mol. The van der Waals surface area contributed by atoms with Gasteiger partial charge >= 0.3 is 6.03 Å². The van der Waals surface area contributed by atoms with Crippen LogP contribution >= 0.6 is 0 Å². The molecule has 2 rings (SSSR count). The third-order valence-corrected chi connectivity index (χ3v) is 5.10. The van der Waals surface area contributed by atoms with Crippen molar-refractivity contribution in [1.29, 1.82) is 0 Å². The lowest BCUT2D eigenvalue weighted by Gasteiger charge is -2.34. The van der Waals surface area contributed by atoms with Gasteiger partial charge < -0.3 is 20.3 Å². The van der Waals surface area contributed by atoms with Crippen LogP contribution in [0.1, 0.15) is 0 Å². The minimum atomic E-state index is -1.42. The SMILES string of the molecule is COCCNC(=O)CN1CCN(C(=O)Nc2ccc([S@@](C)=O)c(F)c2)CC1. The summed E-state index contributed by atoms with van der Waals surface area (Å²) in [4.78, 5) is 27.8. The van der Waals surface area contributed by atoms with E-state index in [1.54, 1.807) is 12.0 Å². The summed E-state index contributed by atoms with van der Waals surface area (Å²) in [5.41, 5.74) is 0.312. The van der Waals surface area contributed by atoms with Crippen molar-refractivity contribution in [3.8, 4) is 0 Å². The van der Waals surface area contributed by atoms with Crippen molar-refractivity contribution < 1.29 is 22.9 Å². The van der Waals surface area contributed by atoms with E-state index in [1.165, 1.54) is 18.4 Å². The molecule has 1 aliphatic rings. The summed E-state index contributed by atoms with van der Waals surface area (Å²) >= 11 is 0. The highest BCUT2D eigenvalue weighted by Crippen LogP contribution is 2.17. The minimum absolute atomic E-state index is 0.0752. The number of carbonyl (C=O) groups excluding carboxylic acids is 2. The zero-order valence-electron chi connectivity index (χ0n) is 15.5. The van der Waals surface area contributed by atoms with Crippen molar-refractivity contribution in [2.24, 2.45) is 0 Å². The number of hydrogen-bond donors (Lipinski definition) is 2. The molecule has 2 N–H and O–H groups in total. The molecule has 8 nitrogen and oxygen atoms in total. The van der Waals surface area contributed by atoms with Gasteiger partial charge in [0.2, 0.25) is 5.91 Å². The molecule has 1 heterocycles. The topological polar surface area (TPSA) is 91.0 Å². The number of methoxy groups -OCH3 is 1. The molecule has 3 amide bonds. The molecule has 27 heavy (non-hydrogen) atoms. The van der Waals surface area contributed by atoms with Crippen LogP contribution in [0, 0.1) is 5.82 Å². The number of nitrogens with one attached hydrogen (secondary N) is 2. The van der Waals surface area contributed by atoms with Crippen molar-refractivity contribution in [2.75, 3.05) is 64.6 Å². The van der Waals surface area contributed by atoms with Crippen molar-refractivity contribution in [1.82, 2.24) is 15.1 Å². The predicted octanol–water partition coefficient (Wildman–Crippen LogP) is 0.475. The highest BCUT2D eigenvalue weighted by Gasteiger charge is 2.22. The Kier molecular flexibility index (Phi) is 8.14. The van der Waals surface area contributed by atoms with Gasteiger partial charge in [-0.1, -0.05) is 0 Å². The Morgan fingerprint density at radius 1 is 1.26 bits per heavy atom. The fourth-order valence-corrected chi connectivity index (χ4v) is 3.27. The second kappa shape index (κ2) is 10.3. The first-order chi connectivity index (χ1) is 12.9. The maximum atomic E-state index is 13.9. The summed E-state index contributed by atoms with van der Waals surface area (Å²) in [5.74, 6) is -0.688. The number of benzene rings is 1. The molecule has 1 atom stereocenters. The molecule has 1 saturated heterocycles. The molecule has 1 aromatic rings. The van der Waals surface area contributed by atoms with Crippen molar-refractivity contribution in [3.63, 3.8) is 0 Å². The van der Waals surface area contributed by atoms with E-state index in [2.05, 4.69) is 10.6 Å². The van der Waals surface area contributed by atoms with Gasteiger partial charge in [0.05, 0.1) is 28.8 Å². The van der Waals surface area contributed by atoms with Crippen molar-refractivity contribution in [2.45, 2.75) is 4.90 Å². The van der Waals surface area contributed by atoms with Crippen LogP contribution in [0.3, 0.4) is 0 Å². The van der Waals surface area contributed by atoms with Gasteiger partial charge in [0.25, 0.3) is 0 Å². The molecule has 1 aliphatic heterocycles. The Bertz CT molecular complexity index is 696. The van der Waals surface area contributed by atoms with Gasteiger partial charge in [0.15, 0.2) is 0 Å². The second-order valence-corrected chi connectivity index (χ2v) is 7.48. The molecule has 1 aromatic carbocycles. The first-order valence-electron chi connectivity index (χ1n) is 8.57. The van der Waals surface area contributed by atoms with Crippen LogP contribution in [-0.4, -0.2) is 85.2 Å². The molecule has 0 spiro atoms. The van der Waals surface area contributed by atoms with Crippen molar-refractivity contribution in [3.05, 3.63) is 24.0 Å². The monoisotopic (exact) mass is 400 g/mol. The summed E-state index contributed by atoms with van der Waals surface area (Å²) in [6.07, 6.45) is 1.40. The number of ether oxygens (including phenoxy) is 1. The molecule has 0 saturated carbocycles. The maximum absolute atomic E-state index is 13.9. The molecule has 0 aliphatic carbocycles. The fourth-order valence-electron chi connectivity index (χ4n) is 2.67. The highest BCUT2D eigenvalue weighted by atomic mass is 32.2. The molecule has 0 aromatic heterocycles. The number of halogens is 1. The molecule has 10 heteroatoms. The Morgan fingerprint density at radius 2 is 1.96 bits per heavy atom. The van der Waals surface area contributed by atoms with Crippen LogP contribution < -0.4 is 10.6 Å². The summed E-state index contributed by atoms with van der Waals surface area (Å²) < 4.78 is 30.1. The number of hydrogen-bond acceptors (Lipinski definition) is 5. The summed E-state index contributed by atoms with van der Waals surface area (Å²) in [5, 5.41) is 5.40. The predicted molar refractivity (Wildman–Crippen MR) is 101 cm³/mol. The molecule has 0 bridgehead atoms. The van der Waals surface area contributed by atoms with E-state index in [1.807, 2.05) is 4.90 Å². The number of amides is 3. The van der Waals surface area contributed by atoms with Gasteiger partial charge in [-0.05, 0) is 18.2 Å². The fraction of sp³-hybridized carbons (Fsp3) is 0.529. The van der Waals surface area contributed by atoms with Gasteiger partial charge in [0.1, 0.15) is 5.82 Å². The molecule has 150 valence electrons. The number of nitrogens with zero attached hydrogens (tertiary/aromatic N) is 2. The number of rotatable bonds is 7. The van der Waals surface area contributed by atoms with E-state index in [0.29, 0.717) is 45.0 Å². The standard InChI is InChI=1S/C17H25FN4O4S/c1-26-10-5-19-16(23)12-21-6-8-22(9-7-21)17(24)20-13-3-4-15(27(2)25)14(18)11-13/h3-4,11H,5-10,12H2,1-2H3,(H,19,23)(H,20,24)/t27-/m1/s1. The van der Waals surface area contributed by atoms with Gasteiger partial charge in [0, 0.05) is 51.8 Å². The summed E-state index contributed by atoms with van der Waals surface area (Å²) in [6.45, 7) is 3.31. The Balaban J connectivity index is 1.78. The summed E-state index contributed by atoms with van der Waals surface area (Å²) in [6, 6.07) is 3.76. The summed E-state index contributed by atoms with van der Waals surface area (Å²) in [7, 11) is 0.152. The van der Waals surface area contributed by atoms with E-state index in [9.17, 15) is 18.2 Å². The molecular formula is C17H25FN4O4S. The van der Waals surface area contributed by atoms with Gasteiger partial charge in [-0.2, -0.15) is 0 Å². The average molecular weight is 400 g/mol. The van der Waals surface area contributed by atoms with Gasteiger partial charge in [-0.15, -0.1) is 0 Å². The highest BCUT2D eigenvalue weighted by molar-refractivity contribution is 7.84. The molecule has 0 radical (unpaired) electrons. The number of anilines is 1. The Morgan fingerprint density at radius 3 is 2.56 bits per heavy atom. The maximum Gasteiger partial charge on any atom is 0.321 e. The van der Waals surface area contributed by atoms with Crippen LogP contribution in [0.4, 0.5) is 14.9 Å². The smallest absolute Gasteiger partial charge is 0.321 e. The van der Waals surface area contributed by atoms with E-state index in [-0.39, 0.29) is 23.4 Å². The van der Waals surface area contributed by atoms with Crippen LogP contribution in [0.5, 0.6) is 0 Å². The van der Waals surface area contributed by atoms with Gasteiger partial charge in [-0.3, -0.25) is 13.9 Å². The van der Waals surface area contributed by atoms with Crippen LogP contribution in [0.25, 0.3) is 0 Å². The quantitative estimate of drug-likeness (QED) is 0.650. The minimum Gasteiger partial charge on any atom is -0.383 e. The van der Waals surface area contributed by atoms with E-state index in [4.69, 9.17) is 4.74 Å². The Labute approximate surface area is 160 Å². The van der Waals surface area contributed by atoms with Crippen molar-refractivity contribution >= 4 is 28.4 Å². The number of urea groups is 1. The largest absolute Gasteiger partial charge is 0.383 e. The third kappa shape index (κ3) is 6.56. The zero-order valence-corrected chi connectivity index (χ0v) is 16.3.